The molecule has 0 atom stereocenters. The van der Waals surface area contributed by atoms with E-state index in [0.717, 1.165) is 6.54 Å². The van der Waals surface area contributed by atoms with Crippen molar-refractivity contribution in [2.75, 3.05) is 20.6 Å². The Kier molecular flexibility index (Phi) is 31.9. The van der Waals surface area contributed by atoms with Gasteiger partial charge in [0.1, 0.15) is 0 Å². The van der Waals surface area contributed by atoms with E-state index in [0.29, 0.717) is 0 Å². The highest BCUT2D eigenvalue weighted by atomic mass is 14.8. The highest BCUT2D eigenvalue weighted by molar-refractivity contribution is 4.15. The number of hydrogen-bond acceptors (Lipinski definition) is 2. The van der Waals surface area contributed by atoms with Crippen LogP contribution in [0.2, 0.25) is 0 Å². The van der Waals surface area contributed by atoms with Crippen molar-refractivity contribution in [3.63, 3.8) is 0 Å². The fourth-order valence-electron chi connectivity index (χ4n) is 0. The zero-order valence-corrected chi connectivity index (χ0v) is 4.78. The standard InChI is InChI=1S/C3H9N.CH5N/c1-3-4-2;1-2/h4H,3H2,1-2H3;2H2,1H3. The maximum atomic E-state index is 4.50. The molecule has 2 heteroatoms. The zero-order valence-electron chi connectivity index (χ0n) is 4.78. The van der Waals surface area contributed by atoms with Crippen molar-refractivity contribution in [1.82, 2.24) is 5.32 Å². The molecule has 40 valence electrons. The van der Waals surface area contributed by atoms with Gasteiger partial charge >= 0.3 is 0 Å². The molecule has 0 aliphatic rings. The molecule has 3 N–H and O–H groups in total. The molecule has 0 aromatic carbocycles. The summed E-state index contributed by atoms with van der Waals surface area (Å²) < 4.78 is 0. The van der Waals surface area contributed by atoms with Gasteiger partial charge in [-0.1, -0.05) is 6.92 Å². The summed E-state index contributed by atoms with van der Waals surface area (Å²) in [6, 6.07) is 0. The third-order valence-electron chi connectivity index (χ3n) is 0.354. The Morgan fingerprint density at radius 2 is 1.67 bits per heavy atom. The Hall–Kier alpha value is -0.0800. The average molecular weight is 90.2 g/mol. The van der Waals surface area contributed by atoms with Gasteiger partial charge in [0.05, 0.1) is 0 Å². The minimum atomic E-state index is 1.07. The molecule has 0 spiro atoms. The lowest BCUT2D eigenvalue weighted by Crippen LogP contribution is -2.01. The van der Waals surface area contributed by atoms with Crippen molar-refractivity contribution >= 4 is 0 Å². The lowest BCUT2D eigenvalue weighted by Gasteiger charge is -1.76. The number of nitrogens with two attached hydrogens (primary N) is 1. The average Bonchev–Trinajstić information content (AvgIpc) is 1.72. The van der Waals surface area contributed by atoms with E-state index in [1.54, 1.807) is 0 Å². The van der Waals surface area contributed by atoms with Crippen LogP contribution in [0.25, 0.3) is 0 Å². The van der Waals surface area contributed by atoms with Crippen LogP contribution < -0.4 is 11.1 Å². The van der Waals surface area contributed by atoms with Gasteiger partial charge in [-0.3, -0.25) is 0 Å². The van der Waals surface area contributed by atoms with Gasteiger partial charge in [0.2, 0.25) is 0 Å². The fourth-order valence-corrected chi connectivity index (χ4v) is 0. The third kappa shape index (κ3) is 39.5. The normalized spacial score (nSPS) is 6.00. The quantitative estimate of drug-likeness (QED) is 0.468. The highest BCUT2D eigenvalue weighted by Gasteiger charge is 1.50. The molecule has 2 nitrogen and oxygen atoms in total. The molecule has 0 fully saturated rings. The van der Waals surface area contributed by atoms with E-state index >= 15 is 0 Å². The summed E-state index contributed by atoms with van der Waals surface area (Å²) in [5.41, 5.74) is 4.50. The molecule has 0 saturated carbocycles. The van der Waals surface area contributed by atoms with Crippen LogP contribution in [-0.4, -0.2) is 20.6 Å². The molecular weight excluding hydrogens is 76.1 g/mol. The Morgan fingerprint density at radius 3 is 1.67 bits per heavy atom. The minimum absolute atomic E-state index is 1.07. The Bertz CT molecular complexity index is 7.51. The predicted octanol–water partition coefficient (Wildman–Crippen LogP) is -0.199. The van der Waals surface area contributed by atoms with Crippen molar-refractivity contribution in [1.29, 1.82) is 0 Å². The second-order valence-electron chi connectivity index (χ2n) is 0.707. The summed E-state index contributed by atoms with van der Waals surface area (Å²) in [5, 5.41) is 2.93. The van der Waals surface area contributed by atoms with Crippen LogP contribution >= 0.6 is 0 Å². The van der Waals surface area contributed by atoms with Crippen LogP contribution in [0.5, 0.6) is 0 Å². The third-order valence-corrected chi connectivity index (χ3v) is 0.354. The summed E-state index contributed by atoms with van der Waals surface area (Å²) in [5.74, 6) is 0. The van der Waals surface area contributed by atoms with Crippen molar-refractivity contribution in [3.05, 3.63) is 0 Å². The monoisotopic (exact) mass is 90.1 g/mol. The first kappa shape index (κ1) is 9.33. The maximum absolute atomic E-state index is 4.50. The summed E-state index contributed by atoms with van der Waals surface area (Å²) in [7, 11) is 3.43. The number of rotatable bonds is 1. The Balaban J connectivity index is 0. The van der Waals surface area contributed by atoms with Gasteiger partial charge in [-0.05, 0) is 20.6 Å². The lowest BCUT2D eigenvalue weighted by atomic mass is 10.8. The van der Waals surface area contributed by atoms with Crippen molar-refractivity contribution < 1.29 is 0 Å². The van der Waals surface area contributed by atoms with Crippen LogP contribution in [0.3, 0.4) is 0 Å². The molecule has 0 rings (SSSR count). The molecule has 0 unspecified atom stereocenters. The first-order valence-corrected chi connectivity index (χ1v) is 2.14. The zero-order chi connectivity index (χ0) is 5.41. The van der Waals surface area contributed by atoms with E-state index in [4.69, 9.17) is 0 Å². The molecule has 0 aromatic heterocycles. The lowest BCUT2D eigenvalue weighted by molar-refractivity contribution is 0.864. The fraction of sp³-hybridized carbons (Fsp3) is 1.00. The maximum Gasteiger partial charge on any atom is -0.00804 e. The largest absolute Gasteiger partial charge is 0.333 e. The predicted molar refractivity (Wildman–Crippen MR) is 29.7 cm³/mol. The van der Waals surface area contributed by atoms with Gasteiger partial charge in [-0.2, -0.15) is 0 Å². The molecule has 0 saturated heterocycles. The van der Waals surface area contributed by atoms with Crippen LogP contribution in [0, 0.1) is 0 Å². The highest BCUT2D eigenvalue weighted by Crippen LogP contribution is 1.34. The molecular formula is C4H14N2. The van der Waals surface area contributed by atoms with Gasteiger partial charge in [0.25, 0.3) is 0 Å². The van der Waals surface area contributed by atoms with E-state index in [2.05, 4.69) is 18.0 Å². The van der Waals surface area contributed by atoms with Gasteiger partial charge in [-0.15, -0.1) is 0 Å². The Labute approximate surface area is 39.7 Å². The summed E-state index contributed by atoms with van der Waals surface area (Å²) >= 11 is 0. The SMILES string of the molecule is CCNC.CN. The van der Waals surface area contributed by atoms with Crippen LogP contribution in [0.1, 0.15) is 6.92 Å². The topological polar surface area (TPSA) is 38.0 Å². The van der Waals surface area contributed by atoms with Crippen molar-refractivity contribution in [2.24, 2.45) is 5.73 Å². The van der Waals surface area contributed by atoms with E-state index in [-0.39, 0.29) is 0 Å². The summed E-state index contributed by atoms with van der Waals surface area (Å²) in [4.78, 5) is 0. The van der Waals surface area contributed by atoms with E-state index in [1.165, 1.54) is 7.05 Å². The summed E-state index contributed by atoms with van der Waals surface area (Å²) in [6.45, 7) is 3.14. The van der Waals surface area contributed by atoms with Crippen molar-refractivity contribution in [3.8, 4) is 0 Å². The second kappa shape index (κ2) is 20.5. The molecule has 0 radical (unpaired) electrons. The first-order valence-electron chi connectivity index (χ1n) is 2.14. The molecule has 0 aromatic rings. The molecule has 0 heterocycles. The molecule has 0 aliphatic carbocycles. The molecule has 0 amide bonds. The van der Waals surface area contributed by atoms with E-state index in [1.807, 2.05) is 7.05 Å². The van der Waals surface area contributed by atoms with Crippen molar-refractivity contribution in [2.45, 2.75) is 6.92 Å². The number of hydrogen-bond donors (Lipinski definition) is 2. The van der Waals surface area contributed by atoms with Gasteiger partial charge < -0.3 is 11.1 Å². The summed E-state index contributed by atoms with van der Waals surface area (Å²) in [6.07, 6.45) is 0. The van der Waals surface area contributed by atoms with E-state index < -0.39 is 0 Å². The molecule has 0 bridgehead atoms. The first-order chi connectivity index (χ1) is 2.91. The smallest absolute Gasteiger partial charge is 0.00804 e. The van der Waals surface area contributed by atoms with Gasteiger partial charge in [0, 0.05) is 0 Å². The Morgan fingerprint density at radius 1 is 1.50 bits per heavy atom. The minimum Gasteiger partial charge on any atom is -0.333 e. The van der Waals surface area contributed by atoms with Crippen LogP contribution in [0.15, 0.2) is 0 Å². The molecule has 6 heavy (non-hydrogen) atoms. The van der Waals surface area contributed by atoms with Gasteiger partial charge in [0.15, 0.2) is 0 Å². The number of nitrogens with one attached hydrogen (secondary N) is 1. The second-order valence-corrected chi connectivity index (χ2v) is 0.707. The van der Waals surface area contributed by atoms with Crippen LogP contribution in [-0.2, 0) is 0 Å². The molecule has 0 aliphatic heterocycles. The van der Waals surface area contributed by atoms with Crippen LogP contribution in [0.4, 0.5) is 0 Å². The van der Waals surface area contributed by atoms with Gasteiger partial charge in [-0.25, -0.2) is 0 Å². The van der Waals surface area contributed by atoms with E-state index in [9.17, 15) is 0 Å².